The van der Waals surface area contributed by atoms with Crippen molar-refractivity contribution < 1.29 is 32.3 Å². The second-order valence-electron chi connectivity index (χ2n) is 8.65. The Bertz CT molecular complexity index is 671. The average molecular weight is 432 g/mol. The highest BCUT2D eigenvalue weighted by Crippen LogP contribution is 2.47. The highest BCUT2D eigenvalue weighted by atomic mass is 19.4. The van der Waals surface area contributed by atoms with E-state index in [9.17, 15) is 18.0 Å². The van der Waals surface area contributed by atoms with Gasteiger partial charge in [-0.3, -0.25) is 9.69 Å². The van der Waals surface area contributed by atoms with E-state index < -0.39 is 12.1 Å². The highest BCUT2D eigenvalue weighted by molar-refractivity contribution is 5.75. The Hall–Kier alpha value is -2.03. The van der Waals surface area contributed by atoms with Crippen LogP contribution in [0.3, 0.4) is 0 Å². The molecule has 30 heavy (non-hydrogen) atoms. The van der Waals surface area contributed by atoms with E-state index >= 15 is 0 Å². The summed E-state index contributed by atoms with van der Waals surface area (Å²) in [5.41, 5.74) is 1.84. The standard InChI is InChI=1S/C19H30N2O2.C2HF3O2/c1-20(2)18(22)13-16-3-6-19(7-4-16)8-10-21(11-9-19)14-17-5-12-23-15-17;3-2(4,5)1(6)7/h5,12,15-16H,3-4,6-11,13-14H2,1-2H3;(H,6,7). The quantitative estimate of drug-likeness (QED) is 0.773. The SMILES string of the molecule is CN(C)C(=O)CC1CCC2(CC1)CCN(Cc1ccoc1)CC2.O=C(O)C(F)(F)F. The number of furan rings is 1. The largest absolute Gasteiger partial charge is 0.490 e. The molecule has 0 unspecified atom stereocenters. The van der Waals surface area contributed by atoms with Crippen molar-refractivity contribution in [3.63, 3.8) is 0 Å². The predicted molar refractivity (Wildman–Crippen MR) is 105 cm³/mol. The zero-order valence-electron chi connectivity index (χ0n) is 17.6. The van der Waals surface area contributed by atoms with Crippen LogP contribution in [0.1, 0.15) is 50.5 Å². The fourth-order valence-corrected chi connectivity index (χ4v) is 4.25. The molecule has 1 saturated heterocycles. The number of rotatable bonds is 4. The summed E-state index contributed by atoms with van der Waals surface area (Å²) in [7, 11) is 3.73. The lowest BCUT2D eigenvalue weighted by Gasteiger charge is -2.46. The van der Waals surface area contributed by atoms with Gasteiger partial charge in [-0.2, -0.15) is 13.2 Å². The van der Waals surface area contributed by atoms with Crippen molar-refractivity contribution in [1.29, 1.82) is 0 Å². The van der Waals surface area contributed by atoms with Crippen LogP contribution in [0.2, 0.25) is 0 Å². The van der Waals surface area contributed by atoms with E-state index in [1.807, 2.05) is 20.4 Å². The summed E-state index contributed by atoms with van der Waals surface area (Å²) < 4.78 is 36.9. The number of alkyl halides is 3. The molecular formula is C21H31F3N2O4. The molecule has 0 bridgehead atoms. The molecule has 1 aromatic rings. The van der Waals surface area contributed by atoms with Gasteiger partial charge in [0.1, 0.15) is 0 Å². The first-order valence-corrected chi connectivity index (χ1v) is 10.2. The second-order valence-corrected chi connectivity index (χ2v) is 8.65. The summed E-state index contributed by atoms with van der Waals surface area (Å²) in [6.07, 6.45) is 7.03. The molecule has 1 aliphatic heterocycles. The van der Waals surface area contributed by atoms with Crippen LogP contribution in [0.5, 0.6) is 0 Å². The number of piperidine rings is 1. The van der Waals surface area contributed by atoms with E-state index in [1.165, 1.54) is 57.2 Å². The molecule has 1 saturated carbocycles. The third-order valence-corrected chi connectivity index (χ3v) is 6.27. The number of carbonyl (C=O) groups excluding carboxylic acids is 1. The predicted octanol–water partition coefficient (Wildman–Crippen LogP) is 4.16. The highest BCUT2D eigenvalue weighted by Gasteiger charge is 2.39. The van der Waals surface area contributed by atoms with E-state index in [0.29, 0.717) is 17.2 Å². The molecule has 1 aliphatic carbocycles. The number of carboxylic acid groups (broad SMARTS) is 1. The Morgan fingerprint density at radius 2 is 1.77 bits per heavy atom. The minimum absolute atomic E-state index is 0.292. The van der Waals surface area contributed by atoms with Crippen LogP contribution in [-0.4, -0.2) is 60.1 Å². The number of carboxylic acids is 1. The Morgan fingerprint density at radius 3 is 2.20 bits per heavy atom. The number of amides is 1. The van der Waals surface area contributed by atoms with Crippen LogP contribution in [-0.2, 0) is 16.1 Å². The van der Waals surface area contributed by atoms with Crippen LogP contribution in [0.4, 0.5) is 13.2 Å². The van der Waals surface area contributed by atoms with Crippen LogP contribution in [0.25, 0.3) is 0 Å². The van der Waals surface area contributed by atoms with Crippen molar-refractivity contribution in [3.8, 4) is 0 Å². The molecule has 9 heteroatoms. The number of nitrogens with zero attached hydrogens (tertiary/aromatic N) is 2. The molecule has 1 aromatic heterocycles. The van der Waals surface area contributed by atoms with E-state index in [2.05, 4.69) is 11.0 Å². The second kappa shape index (κ2) is 10.3. The van der Waals surface area contributed by atoms with Gasteiger partial charge in [-0.1, -0.05) is 0 Å². The maximum atomic E-state index is 11.9. The van der Waals surface area contributed by atoms with Crippen LogP contribution >= 0.6 is 0 Å². The third kappa shape index (κ3) is 7.34. The lowest BCUT2D eigenvalue weighted by atomic mass is 9.65. The number of hydrogen-bond donors (Lipinski definition) is 1. The zero-order valence-corrected chi connectivity index (χ0v) is 17.6. The van der Waals surface area contributed by atoms with Crippen molar-refractivity contribution in [2.45, 2.75) is 57.7 Å². The molecule has 2 heterocycles. The van der Waals surface area contributed by atoms with Crippen molar-refractivity contribution in [2.24, 2.45) is 11.3 Å². The topological polar surface area (TPSA) is 74.0 Å². The van der Waals surface area contributed by atoms with E-state index in [1.54, 1.807) is 11.2 Å². The summed E-state index contributed by atoms with van der Waals surface area (Å²) >= 11 is 0. The molecule has 0 radical (unpaired) electrons. The lowest BCUT2D eigenvalue weighted by molar-refractivity contribution is -0.192. The van der Waals surface area contributed by atoms with Crippen LogP contribution in [0.15, 0.2) is 23.0 Å². The number of likely N-dealkylation sites (tertiary alicyclic amines) is 1. The molecule has 1 amide bonds. The first-order valence-electron chi connectivity index (χ1n) is 10.2. The third-order valence-electron chi connectivity index (χ3n) is 6.27. The van der Waals surface area contributed by atoms with Gasteiger partial charge in [-0.25, -0.2) is 4.79 Å². The van der Waals surface area contributed by atoms with Gasteiger partial charge in [-0.15, -0.1) is 0 Å². The van der Waals surface area contributed by atoms with Crippen molar-refractivity contribution in [1.82, 2.24) is 9.80 Å². The minimum Gasteiger partial charge on any atom is -0.475 e. The smallest absolute Gasteiger partial charge is 0.475 e. The Kier molecular flexibility index (Phi) is 8.34. The van der Waals surface area contributed by atoms with Crippen molar-refractivity contribution >= 4 is 11.9 Å². The van der Waals surface area contributed by atoms with E-state index in [4.69, 9.17) is 14.3 Å². The maximum Gasteiger partial charge on any atom is 0.490 e. The van der Waals surface area contributed by atoms with Crippen LogP contribution < -0.4 is 0 Å². The number of hydrogen-bond acceptors (Lipinski definition) is 4. The van der Waals surface area contributed by atoms with Gasteiger partial charge in [0.25, 0.3) is 0 Å². The van der Waals surface area contributed by atoms with Crippen molar-refractivity contribution in [3.05, 3.63) is 24.2 Å². The van der Waals surface area contributed by atoms with Gasteiger partial charge in [-0.05, 0) is 69.0 Å². The Labute approximate surface area is 175 Å². The summed E-state index contributed by atoms with van der Waals surface area (Å²) in [6, 6.07) is 2.07. The summed E-state index contributed by atoms with van der Waals surface area (Å²) in [5, 5.41) is 7.12. The molecule has 0 atom stereocenters. The molecule has 1 spiro atoms. The zero-order chi connectivity index (χ0) is 22.4. The molecule has 3 rings (SSSR count). The van der Waals surface area contributed by atoms with Gasteiger partial charge < -0.3 is 14.4 Å². The first-order chi connectivity index (χ1) is 14.0. The lowest BCUT2D eigenvalue weighted by Crippen LogP contribution is -2.41. The minimum atomic E-state index is -5.08. The number of carbonyl (C=O) groups is 2. The summed E-state index contributed by atoms with van der Waals surface area (Å²) in [6.45, 7) is 3.42. The summed E-state index contributed by atoms with van der Waals surface area (Å²) in [5.74, 6) is -1.85. The van der Waals surface area contributed by atoms with Crippen molar-refractivity contribution in [2.75, 3.05) is 27.2 Å². The maximum absolute atomic E-state index is 11.9. The van der Waals surface area contributed by atoms with Crippen LogP contribution in [0, 0.1) is 11.3 Å². The number of aliphatic carboxylic acids is 1. The fraction of sp³-hybridized carbons (Fsp3) is 0.714. The fourth-order valence-electron chi connectivity index (χ4n) is 4.25. The molecule has 1 N–H and O–H groups in total. The average Bonchev–Trinajstić information content (AvgIpc) is 3.18. The molecule has 2 aliphatic rings. The van der Waals surface area contributed by atoms with Gasteiger partial charge >= 0.3 is 12.1 Å². The molecular weight excluding hydrogens is 401 g/mol. The normalized spacial score (nSPS) is 19.8. The van der Waals surface area contributed by atoms with Gasteiger partial charge in [0.2, 0.25) is 5.91 Å². The first kappa shape index (κ1) is 24.2. The molecule has 170 valence electrons. The van der Waals surface area contributed by atoms with Gasteiger partial charge in [0.05, 0.1) is 12.5 Å². The Balaban J connectivity index is 0.000000396. The Morgan fingerprint density at radius 1 is 1.20 bits per heavy atom. The molecule has 0 aromatic carbocycles. The van der Waals surface area contributed by atoms with E-state index in [-0.39, 0.29) is 0 Å². The number of halogens is 3. The van der Waals surface area contributed by atoms with E-state index in [0.717, 1.165) is 13.0 Å². The monoisotopic (exact) mass is 432 g/mol. The van der Waals surface area contributed by atoms with Gasteiger partial charge in [0.15, 0.2) is 0 Å². The van der Waals surface area contributed by atoms with Gasteiger partial charge in [0, 0.05) is 32.6 Å². The molecule has 2 fully saturated rings. The summed E-state index contributed by atoms with van der Waals surface area (Å²) in [4.78, 5) is 25.1. The molecule has 6 nitrogen and oxygen atoms in total.